The summed E-state index contributed by atoms with van der Waals surface area (Å²) in [6, 6.07) is 3.64. The number of pyridine rings is 1. The highest BCUT2D eigenvalue weighted by Gasteiger charge is 2.02. The summed E-state index contributed by atoms with van der Waals surface area (Å²) in [6.45, 7) is 1.52. The first-order chi connectivity index (χ1) is 7.22. The van der Waals surface area contributed by atoms with Crippen LogP contribution in [-0.2, 0) is 13.1 Å². The molecule has 0 unspecified atom stereocenters. The highest BCUT2D eigenvalue weighted by Crippen LogP contribution is 2.08. The van der Waals surface area contributed by atoms with Gasteiger partial charge in [0, 0.05) is 41.5 Å². The van der Waals surface area contributed by atoms with Crippen LogP contribution in [0.1, 0.15) is 6.92 Å². The van der Waals surface area contributed by atoms with Crippen molar-refractivity contribution in [2.24, 2.45) is 0 Å². The van der Waals surface area contributed by atoms with E-state index in [-0.39, 0.29) is 5.91 Å². The molecular formula is C8H10Cl2N2O3S. The lowest BCUT2D eigenvalue weighted by molar-refractivity contribution is -0.116. The van der Waals surface area contributed by atoms with Gasteiger partial charge in [-0.15, -0.1) is 0 Å². The summed E-state index contributed by atoms with van der Waals surface area (Å²) in [5, 5.41) is 0. The molecule has 1 heterocycles. The lowest BCUT2D eigenvalue weighted by Crippen LogP contribution is -2.22. The van der Waals surface area contributed by atoms with Crippen molar-refractivity contribution in [3.8, 4) is 0 Å². The van der Waals surface area contributed by atoms with Crippen molar-refractivity contribution in [3.63, 3.8) is 0 Å². The number of halogens is 2. The Morgan fingerprint density at radius 1 is 1.44 bits per heavy atom. The molecule has 0 aliphatic heterocycles. The molecule has 1 amide bonds. The van der Waals surface area contributed by atoms with Crippen molar-refractivity contribution >= 4 is 41.2 Å². The van der Waals surface area contributed by atoms with Crippen LogP contribution in [0, 0.1) is 0 Å². The molecule has 0 saturated carbocycles. The molecule has 16 heavy (non-hydrogen) atoms. The quantitative estimate of drug-likeness (QED) is 0.737. The lowest BCUT2D eigenvalue weighted by atomic mass is 10.4. The summed E-state index contributed by atoms with van der Waals surface area (Å²) >= 11 is 0. The van der Waals surface area contributed by atoms with Crippen LogP contribution < -0.4 is 4.90 Å². The molecule has 0 radical (unpaired) electrons. The highest BCUT2D eigenvalue weighted by atomic mass is 36.0. The zero-order valence-corrected chi connectivity index (χ0v) is 10.9. The SMILES string of the molecule is CC(=O)N(C)c1cccnc1.O=S(=O)(Cl)Cl. The van der Waals surface area contributed by atoms with E-state index in [9.17, 15) is 4.79 Å². The Hall–Kier alpha value is -0.850. The average Bonchev–Trinajstić information content (AvgIpc) is 2.15. The van der Waals surface area contributed by atoms with Gasteiger partial charge in [-0.05, 0) is 12.1 Å². The van der Waals surface area contributed by atoms with Crippen LogP contribution >= 0.6 is 21.4 Å². The zero-order valence-electron chi connectivity index (χ0n) is 8.59. The lowest BCUT2D eigenvalue weighted by Gasteiger charge is -2.13. The van der Waals surface area contributed by atoms with Crippen molar-refractivity contribution in [1.82, 2.24) is 4.98 Å². The minimum Gasteiger partial charge on any atom is -0.314 e. The van der Waals surface area contributed by atoms with Crippen LogP contribution in [0.2, 0.25) is 0 Å². The van der Waals surface area contributed by atoms with Crippen molar-refractivity contribution in [1.29, 1.82) is 0 Å². The van der Waals surface area contributed by atoms with Gasteiger partial charge in [0.05, 0.1) is 11.9 Å². The Morgan fingerprint density at radius 3 is 2.25 bits per heavy atom. The minimum absolute atomic E-state index is 0.0120. The predicted molar refractivity (Wildman–Crippen MR) is 63.9 cm³/mol. The van der Waals surface area contributed by atoms with Crippen molar-refractivity contribution in [2.75, 3.05) is 11.9 Å². The van der Waals surface area contributed by atoms with E-state index in [1.807, 2.05) is 6.07 Å². The van der Waals surface area contributed by atoms with Crippen molar-refractivity contribution in [3.05, 3.63) is 24.5 Å². The van der Waals surface area contributed by atoms with Gasteiger partial charge in [0.15, 0.2) is 0 Å². The molecule has 1 aromatic heterocycles. The van der Waals surface area contributed by atoms with Gasteiger partial charge < -0.3 is 4.90 Å². The Labute approximate surface area is 103 Å². The molecule has 0 aliphatic carbocycles. The predicted octanol–water partition coefficient (Wildman–Crippen LogP) is 1.77. The van der Waals surface area contributed by atoms with Crippen molar-refractivity contribution < 1.29 is 13.2 Å². The number of aromatic nitrogens is 1. The molecule has 90 valence electrons. The molecule has 1 aromatic rings. The van der Waals surface area contributed by atoms with Gasteiger partial charge in [0.1, 0.15) is 0 Å². The van der Waals surface area contributed by atoms with E-state index in [2.05, 4.69) is 26.3 Å². The monoisotopic (exact) mass is 284 g/mol. The van der Waals surface area contributed by atoms with Gasteiger partial charge in [-0.2, -0.15) is 8.42 Å². The number of anilines is 1. The molecule has 1 rings (SSSR count). The topological polar surface area (TPSA) is 67.3 Å². The van der Waals surface area contributed by atoms with Gasteiger partial charge in [0.2, 0.25) is 5.91 Å². The molecule has 8 heteroatoms. The maximum atomic E-state index is 10.8. The summed E-state index contributed by atoms with van der Waals surface area (Å²) in [4.78, 5) is 16.3. The maximum Gasteiger partial charge on any atom is 0.317 e. The molecule has 5 nitrogen and oxygen atoms in total. The molecule has 0 N–H and O–H groups in total. The number of nitrogens with zero attached hydrogens (tertiary/aromatic N) is 2. The summed E-state index contributed by atoms with van der Waals surface area (Å²) in [6.07, 6.45) is 3.33. The van der Waals surface area contributed by atoms with Crippen LogP contribution in [0.3, 0.4) is 0 Å². The Morgan fingerprint density at radius 2 is 1.94 bits per heavy atom. The Kier molecular flexibility index (Phi) is 6.32. The Bertz CT molecular complexity index is 428. The van der Waals surface area contributed by atoms with E-state index in [0.717, 1.165) is 5.69 Å². The second kappa shape index (κ2) is 6.67. The number of hydrogen-bond donors (Lipinski definition) is 0. The maximum absolute atomic E-state index is 10.8. The van der Waals surface area contributed by atoms with Gasteiger partial charge in [0.25, 0.3) is 0 Å². The van der Waals surface area contributed by atoms with Crippen LogP contribution in [0.25, 0.3) is 0 Å². The van der Waals surface area contributed by atoms with Gasteiger partial charge in [-0.25, -0.2) is 0 Å². The van der Waals surface area contributed by atoms with E-state index < -0.39 is 8.26 Å². The summed E-state index contributed by atoms with van der Waals surface area (Å²) in [7, 11) is 6.53. The fourth-order valence-corrected chi connectivity index (χ4v) is 0.734. The fraction of sp³-hybridized carbons (Fsp3) is 0.250. The van der Waals surface area contributed by atoms with E-state index in [0.29, 0.717) is 0 Å². The molecule has 0 aliphatic rings. The fourth-order valence-electron chi connectivity index (χ4n) is 0.734. The first-order valence-corrected chi connectivity index (χ1v) is 7.14. The molecule has 0 aromatic carbocycles. The zero-order chi connectivity index (χ0) is 12.8. The van der Waals surface area contributed by atoms with E-state index in [4.69, 9.17) is 8.42 Å². The van der Waals surface area contributed by atoms with Gasteiger partial charge in [-0.1, -0.05) is 0 Å². The molecule has 0 saturated heterocycles. The smallest absolute Gasteiger partial charge is 0.314 e. The van der Waals surface area contributed by atoms with Gasteiger partial charge >= 0.3 is 8.26 Å². The third kappa shape index (κ3) is 8.46. The second-order valence-corrected chi connectivity index (χ2v) is 6.34. The van der Waals surface area contributed by atoms with Crippen LogP contribution in [0.4, 0.5) is 5.69 Å². The first-order valence-electron chi connectivity index (χ1n) is 4.00. The number of rotatable bonds is 1. The minimum atomic E-state index is -3.72. The number of hydrogen-bond acceptors (Lipinski definition) is 4. The number of carbonyl (C=O) groups excluding carboxylic acids is 1. The molecular weight excluding hydrogens is 275 g/mol. The summed E-state index contributed by atoms with van der Waals surface area (Å²) in [5.41, 5.74) is 0.819. The second-order valence-electron chi connectivity index (χ2n) is 2.67. The van der Waals surface area contributed by atoms with E-state index >= 15 is 0 Å². The normalized spacial score (nSPS) is 10.0. The van der Waals surface area contributed by atoms with Crippen molar-refractivity contribution in [2.45, 2.75) is 6.92 Å². The van der Waals surface area contributed by atoms with Crippen LogP contribution in [0.15, 0.2) is 24.5 Å². The Balaban J connectivity index is 0.000000385. The largest absolute Gasteiger partial charge is 0.317 e. The number of amides is 1. The first kappa shape index (κ1) is 15.2. The average molecular weight is 285 g/mol. The molecule has 0 spiro atoms. The molecule has 0 atom stereocenters. The summed E-state index contributed by atoms with van der Waals surface area (Å²) < 4.78 is 18.3. The third-order valence-corrected chi connectivity index (χ3v) is 1.51. The summed E-state index contributed by atoms with van der Waals surface area (Å²) in [5.74, 6) is 0.0120. The number of carbonyl (C=O) groups is 1. The van der Waals surface area contributed by atoms with Crippen LogP contribution in [-0.4, -0.2) is 26.4 Å². The molecule has 0 bridgehead atoms. The third-order valence-electron chi connectivity index (χ3n) is 1.51. The highest BCUT2D eigenvalue weighted by molar-refractivity contribution is 8.31. The van der Waals surface area contributed by atoms with E-state index in [1.165, 1.54) is 6.92 Å². The van der Waals surface area contributed by atoms with Crippen LogP contribution in [0.5, 0.6) is 0 Å². The standard InChI is InChI=1S/C8H10N2O.Cl2O2S/c1-7(11)10(2)8-4-3-5-9-6-8;1-5(2,3)4/h3-6H,1-2H3;. The molecule has 0 fully saturated rings. The van der Waals surface area contributed by atoms with E-state index in [1.54, 1.807) is 30.4 Å². The van der Waals surface area contributed by atoms with Gasteiger partial charge in [-0.3, -0.25) is 9.78 Å².